The number of rotatable bonds is 7. The van der Waals surface area contributed by atoms with Gasteiger partial charge in [0.1, 0.15) is 0 Å². The van der Waals surface area contributed by atoms with Crippen LogP contribution in [0.2, 0.25) is 0 Å². The number of aliphatic carboxylic acids is 1. The summed E-state index contributed by atoms with van der Waals surface area (Å²) in [5, 5.41) is 36.9. The number of aliphatic hydroxyl groups is 3. The molecule has 0 amide bonds. The fraction of sp³-hybridized carbons (Fsp3) is 0.833. The molecule has 88 valence electrons. The molecule has 0 fully saturated rings. The summed E-state index contributed by atoms with van der Waals surface area (Å²) >= 11 is 0. The molecule has 15 heavy (non-hydrogen) atoms. The fourth-order valence-corrected chi connectivity index (χ4v) is 1.25. The Morgan fingerprint density at radius 2 is 2.00 bits per heavy atom. The normalized spacial score (nSPS) is 18.0. The van der Waals surface area contributed by atoms with E-state index in [1.165, 1.54) is 0 Å². The molecule has 0 aliphatic heterocycles. The molecule has 9 heteroatoms. The van der Waals surface area contributed by atoms with E-state index in [9.17, 15) is 14.3 Å². The Morgan fingerprint density at radius 1 is 1.47 bits per heavy atom. The smallest absolute Gasteiger partial charge is 0.343 e. The first-order valence-electron chi connectivity index (χ1n) is 3.96. The molecule has 0 aromatic rings. The van der Waals surface area contributed by atoms with Crippen LogP contribution in [0.25, 0.3) is 0 Å². The summed E-state index contributed by atoms with van der Waals surface area (Å²) in [6.45, 7) is -0.938. The first kappa shape index (κ1) is 14.4. The highest BCUT2D eigenvalue weighted by Gasteiger charge is 2.35. The molecule has 5 N–H and O–H groups in total. The van der Waals surface area contributed by atoms with Gasteiger partial charge in [-0.15, -0.1) is 0 Å². The standard InChI is InChI=1S/C6H12NO7P/c8-2-3(9)1-7-4(5(10)11)6(12)15(13)14/h3-4,6-9,12H,1-2H2,(H,10,11). The van der Waals surface area contributed by atoms with Gasteiger partial charge in [-0.2, -0.15) is 0 Å². The van der Waals surface area contributed by atoms with Gasteiger partial charge in [0, 0.05) is 6.54 Å². The molecular formula is C6H12NO7P. The number of carbonyl (C=O) groups is 1. The summed E-state index contributed by atoms with van der Waals surface area (Å²) in [5.41, 5.74) is 0. The number of hydrogen-bond acceptors (Lipinski definition) is 7. The number of aliphatic hydroxyl groups excluding tert-OH is 3. The largest absolute Gasteiger partial charge is 0.593 e. The first-order chi connectivity index (χ1) is 6.90. The summed E-state index contributed by atoms with van der Waals surface area (Å²) in [5.74, 6) is -3.64. The average molecular weight is 241 g/mol. The van der Waals surface area contributed by atoms with Crippen molar-refractivity contribution in [2.75, 3.05) is 13.2 Å². The molecule has 0 spiro atoms. The summed E-state index contributed by atoms with van der Waals surface area (Å²) < 4.78 is 10.3. The van der Waals surface area contributed by atoms with Gasteiger partial charge < -0.3 is 25.3 Å². The summed E-state index contributed by atoms with van der Waals surface area (Å²) in [6.07, 6.45) is -1.22. The van der Waals surface area contributed by atoms with Crippen LogP contribution in [0.4, 0.5) is 0 Å². The maximum atomic E-state index is 10.5. The van der Waals surface area contributed by atoms with Crippen LogP contribution in [0.1, 0.15) is 0 Å². The highest BCUT2D eigenvalue weighted by molar-refractivity contribution is 7.37. The Morgan fingerprint density at radius 3 is 2.33 bits per heavy atom. The Bertz CT molecular complexity index is 236. The lowest BCUT2D eigenvalue weighted by Gasteiger charge is -2.16. The Labute approximate surface area is 86.0 Å². The lowest BCUT2D eigenvalue weighted by molar-refractivity contribution is -0.175. The van der Waals surface area contributed by atoms with Gasteiger partial charge >= 0.3 is 14.0 Å². The van der Waals surface area contributed by atoms with Crippen LogP contribution in [0, 0.1) is 0 Å². The summed E-state index contributed by atoms with van der Waals surface area (Å²) in [7, 11) is -3.30. The molecule has 0 aromatic carbocycles. The van der Waals surface area contributed by atoms with Crippen molar-refractivity contribution >= 4 is 14.0 Å². The van der Waals surface area contributed by atoms with E-state index < -0.39 is 38.6 Å². The lowest BCUT2D eigenvalue weighted by atomic mass is 10.3. The summed E-state index contributed by atoms with van der Waals surface area (Å²) in [6, 6.07) is -1.73. The zero-order valence-electron chi connectivity index (χ0n) is 7.61. The summed E-state index contributed by atoms with van der Waals surface area (Å²) in [4.78, 5) is 20.8. The van der Waals surface area contributed by atoms with Crippen molar-refractivity contribution in [1.29, 1.82) is 0 Å². The molecule has 8 nitrogen and oxygen atoms in total. The van der Waals surface area contributed by atoms with Gasteiger partial charge in [0.2, 0.25) is 0 Å². The van der Waals surface area contributed by atoms with Gasteiger partial charge in [0.25, 0.3) is 5.85 Å². The molecule has 0 heterocycles. The van der Waals surface area contributed by atoms with Crippen molar-refractivity contribution in [3.05, 3.63) is 0 Å². The molecule has 0 radical (unpaired) electrons. The minimum atomic E-state index is -3.30. The van der Waals surface area contributed by atoms with E-state index in [-0.39, 0.29) is 6.54 Å². The topological polar surface area (TPSA) is 150 Å². The molecule has 0 rings (SSSR count). The SMILES string of the molecule is O=C(O)C(NCC(O)CO)C(O)[P+](=O)[O-]. The molecule has 0 aliphatic rings. The second-order valence-electron chi connectivity index (χ2n) is 2.76. The van der Waals surface area contributed by atoms with Gasteiger partial charge in [-0.1, -0.05) is 4.57 Å². The predicted octanol–water partition coefficient (Wildman–Crippen LogP) is -3.20. The van der Waals surface area contributed by atoms with E-state index in [1.807, 2.05) is 0 Å². The molecule has 0 aromatic heterocycles. The van der Waals surface area contributed by atoms with Crippen LogP contribution < -0.4 is 10.2 Å². The molecular weight excluding hydrogens is 229 g/mol. The van der Waals surface area contributed by atoms with Crippen LogP contribution in [-0.2, 0) is 9.36 Å². The van der Waals surface area contributed by atoms with E-state index in [1.54, 1.807) is 0 Å². The second-order valence-corrected chi connectivity index (χ2v) is 3.86. The van der Waals surface area contributed by atoms with Crippen LogP contribution in [0.3, 0.4) is 0 Å². The molecule has 0 aliphatic carbocycles. The van der Waals surface area contributed by atoms with Gasteiger partial charge in [0.05, 0.1) is 12.7 Å². The van der Waals surface area contributed by atoms with Crippen molar-refractivity contribution < 1.29 is 34.7 Å². The van der Waals surface area contributed by atoms with Crippen LogP contribution in [-0.4, -0.2) is 57.5 Å². The number of carboxylic acids is 1. The third-order valence-electron chi connectivity index (χ3n) is 1.56. The van der Waals surface area contributed by atoms with E-state index in [2.05, 4.69) is 5.32 Å². The van der Waals surface area contributed by atoms with Crippen LogP contribution >= 0.6 is 8.03 Å². The van der Waals surface area contributed by atoms with Crippen molar-refractivity contribution in [2.45, 2.75) is 18.0 Å². The van der Waals surface area contributed by atoms with E-state index in [0.29, 0.717) is 0 Å². The Kier molecular flexibility index (Phi) is 6.50. The predicted molar refractivity (Wildman–Crippen MR) is 46.1 cm³/mol. The molecule has 4 atom stereocenters. The third kappa shape index (κ3) is 5.12. The third-order valence-corrected chi connectivity index (χ3v) is 2.29. The van der Waals surface area contributed by atoms with E-state index in [4.69, 9.17) is 20.4 Å². The monoisotopic (exact) mass is 241 g/mol. The van der Waals surface area contributed by atoms with Crippen molar-refractivity contribution in [3.63, 3.8) is 0 Å². The quantitative estimate of drug-likeness (QED) is 0.292. The van der Waals surface area contributed by atoms with E-state index in [0.717, 1.165) is 0 Å². The van der Waals surface area contributed by atoms with Crippen molar-refractivity contribution in [2.24, 2.45) is 0 Å². The number of nitrogens with one attached hydrogen (secondary N) is 1. The van der Waals surface area contributed by atoms with Gasteiger partial charge in [-0.3, -0.25) is 10.1 Å². The minimum Gasteiger partial charge on any atom is -0.593 e. The van der Waals surface area contributed by atoms with E-state index >= 15 is 0 Å². The maximum Gasteiger partial charge on any atom is 0.343 e. The van der Waals surface area contributed by atoms with Crippen LogP contribution in [0.15, 0.2) is 0 Å². The number of carboxylic acid groups (broad SMARTS) is 1. The Hall–Kier alpha value is -0.630. The highest BCUT2D eigenvalue weighted by Crippen LogP contribution is 2.18. The highest BCUT2D eigenvalue weighted by atomic mass is 31.1. The fourth-order valence-electron chi connectivity index (χ4n) is 0.770. The first-order valence-corrected chi connectivity index (χ1v) is 5.21. The molecule has 4 unspecified atom stereocenters. The molecule has 0 saturated carbocycles. The van der Waals surface area contributed by atoms with Gasteiger partial charge in [-0.25, -0.2) is 0 Å². The molecule has 0 saturated heterocycles. The van der Waals surface area contributed by atoms with Gasteiger partial charge in [-0.05, 0) is 0 Å². The zero-order valence-corrected chi connectivity index (χ0v) is 8.50. The van der Waals surface area contributed by atoms with Crippen molar-refractivity contribution in [3.8, 4) is 0 Å². The average Bonchev–Trinajstić information content (AvgIpc) is 2.16. The van der Waals surface area contributed by atoms with Crippen molar-refractivity contribution in [1.82, 2.24) is 5.32 Å². The maximum absolute atomic E-state index is 10.5. The van der Waals surface area contributed by atoms with Gasteiger partial charge in [0.15, 0.2) is 6.04 Å². The Balaban J connectivity index is 4.29. The minimum absolute atomic E-state index is 0.340. The molecule has 0 bridgehead atoms. The van der Waals surface area contributed by atoms with Crippen LogP contribution in [0.5, 0.6) is 0 Å². The lowest BCUT2D eigenvalue weighted by Crippen LogP contribution is -2.48. The second kappa shape index (κ2) is 6.78. The zero-order chi connectivity index (χ0) is 12.0. The number of hydrogen-bond donors (Lipinski definition) is 5.